The van der Waals surface area contributed by atoms with Gasteiger partial charge in [0, 0.05) is 50.7 Å². The summed E-state index contributed by atoms with van der Waals surface area (Å²) in [5.41, 5.74) is 2.64. The van der Waals surface area contributed by atoms with Gasteiger partial charge in [-0.2, -0.15) is 0 Å². The quantitative estimate of drug-likeness (QED) is 0.821. The fourth-order valence-electron chi connectivity index (χ4n) is 3.15. The van der Waals surface area contributed by atoms with E-state index in [0.717, 1.165) is 48.0 Å². The highest BCUT2D eigenvalue weighted by Crippen LogP contribution is 2.25. The predicted molar refractivity (Wildman–Crippen MR) is 104 cm³/mol. The second kappa shape index (κ2) is 7.87. The van der Waals surface area contributed by atoms with Crippen LogP contribution in [0.1, 0.15) is 33.9 Å². The molecule has 0 bridgehead atoms. The van der Waals surface area contributed by atoms with Crippen molar-refractivity contribution in [2.75, 3.05) is 37.4 Å². The molecule has 3 heterocycles. The number of amides is 1. The molecule has 1 atom stereocenters. The third kappa shape index (κ3) is 4.16. The van der Waals surface area contributed by atoms with E-state index in [1.165, 1.54) is 4.90 Å². The number of nitrogens with one attached hydrogen (secondary N) is 1. The summed E-state index contributed by atoms with van der Waals surface area (Å²) in [4.78, 5) is 29.2. The largest absolute Gasteiger partial charge is 0.392 e. The molecule has 0 aromatic carbocycles. The van der Waals surface area contributed by atoms with Crippen LogP contribution in [0.5, 0.6) is 0 Å². The molecule has 1 aliphatic heterocycles. The number of aliphatic hydroxyl groups is 1. The van der Waals surface area contributed by atoms with E-state index in [9.17, 15) is 9.90 Å². The number of aliphatic hydroxyl groups excluding tert-OH is 1. The Kier molecular flexibility index (Phi) is 5.55. The fourth-order valence-corrected chi connectivity index (χ4v) is 3.15. The molecule has 0 aliphatic carbocycles. The first kappa shape index (κ1) is 19.0. The third-order valence-corrected chi connectivity index (χ3v) is 4.81. The van der Waals surface area contributed by atoms with Crippen molar-refractivity contribution in [2.24, 2.45) is 0 Å². The van der Waals surface area contributed by atoms with Gasteiger partial charge in [0.1, 0.15) is 11.6 Å². The first-order valence-electron chi connectivity index (χ1n) is 9.03. The summed E-state index contributed by atoms with van der Waals surface area (Å²) >= 11 is 0. The Bertz CT molecular complexity index is 839. The third-order valence-electron chi connectivity index (χ3n) is 4.81. The maximum atomic E-state index is 12.3. The summed E-state index contributed by atoms with van der Waals surface area (Å²) < 4.78 is 0. The fraction of sp³-hybridized carbons (Fsp3) is 0.474. The van der Waals surface area contributed by atoms with E-state index in [1.54, 1.807) is 26.4 Å². The minimum atomic E-state index is -0.196. The van der Waals surface area contributed by atoms with E-state index < -0.39 is 0 Å². The predicted octanol–water partition coefficient (Wildman–Crippen LogP) is 1.37. The maximum Gasteiger partial charge on any atom is 0.291 e. The van der Waals surface area contributed by atoms with E-state index in [1.807, 2.05) is 19.9 Å². The minimum absolute atomic E-state index is 0.00389. The topological polar surface area (TPSA) is 94.5 Å². The number of carbonyl (C=O) groups is 1. The van der Waals surface area contributed by atoms with Gasteiger partial charge in [-0.15, -0.1) is 0 Å². The average Bonchev–Trinajstić information content (AvgIpc) is 3.11. The lowest BCUT2D eigenvalue weighted by atomic mass is 10.2. The van der Waals surface area contributed by atoms with Gasteiger partial charge in [0.05, 0.1) is 6.61 Å². The van der Waals surface area contributed by atoms with Crippen LogP contribution < -0.4 is 10.2 Å². The molecule has 0 saturated carbocycles. The highest BCUT2D eigenvalue weighted by atomic mass is 16.3. The molecule has 2 aromatic heterocycles. The Morgan fingerprint density at radius 1 is 1.37 bits per heavy atom. The van der Waals surface area contributed by atoms with E-state index in [-0.39, 0.29) is 24.4 Å². The van der Waals surface area contributed by atoms with Crippen LogP contribution in [0.4, 0.5) is 11.6 Å². The number of aromatic nitrogens is 3. The number of pyridine rings is 1. The lowest BCUT2D eigenvalue weighted by Crippen LogP contribution is -2.30. The minimum Gasteiger partial charge on any atom is -0.392 e. The highest BCUT2D eigenvalue weighted by Gasteiger charge is 2.27. The molecule has 2 aromatic rings. The maximum absolute atomic E-state index is 12.3. The molecule has 8 nitrogen and oxygen atoms in total. The number of carbonyl (C=O) groups excluding carboxylic acids is 1. The van der Waals surface area contributed by atoms with Gasteiger partial charge in [-0.25, -0.2) is 15.0 Å². The standard InChI is InChI=1S/C19H26N6O2/c1-12-13(2)21-17(19(27)24(3)4)23-18(12)25-8-6-15(10-25)22-16-9-14(11-26)5-7-20-16/h5,7,9,15,26H,6,8,10-11H2,1-4H3,(H,20,22)/t15-/m1/s1. The van der Waals surface area contributed by atoms with E-state index >= 15 is 0 Å². The molecular formula is C19H26N6O2. The Balaban J connectivity index is 1.77. The zero-order valence-corrected chi connectivity index (χ0v) is 16.2. The lowest BCUT2D eigenvalue weighted by Gasteiger charge is -2.22. The first-order chi connectivity index (χ1) is 12.9. The molecule has 8 heteroatoms. The molecule has 144 valence electrons. The molecular weight excluding hydrogens is 344 g/mol. The second-order valence-electron chi connectivity index (χ2n) is 7.06. The molecule has 1 fully saturated rings. The van der Waals surface area contributed by atoms with Gasteiger partial charge in [0.15, 0.2) is 0 Å². The molecule has 3 rings (SSSR count). The molecule has 2 N–H and O–H groups in total. The van der Waals surface area contributed by atoms with Crippen molar-refractivity contribution >= 4 is 17.5 Å². The van der Waals surface area contributed by atoms with Crippen molar-refractivity contribution < 1.29 is 9.90 Å². The van der Waals surface area contributed by atoms with Crippen molar-refractivity contribution in [1.82, 2.24) is 19.9 Å². The van der Waals surface area contributed by atoms with E-state index in [4.69, 9.17) is 0 Å². The van der Waals surface area contributed by atoms with Gasteiger partial charge in [0.2, 0.25) is 5.82 Å². The van der Waals surface area contributed by atoms with Crippen molar-refractivity contribution in [3.8, 4) is 0 Å². The molecule has 27 heavy (non-hydrogen) atoms. The van der Waals surface area contributed by atoms with Crippen molar-refractivity contribution in [3.05, 3.63) is 41.0 Å². The monoisotopic (exact) mass is 370 g/mol. The van der Waals surface area contributed by atoms with Crippen molar-refractivity contribution in [3.63, 3.8) is 0 Å². The van der Waals surface area contributed by atoms with Crippen LogP contribution in [-0.4, -0.2) is 64.1 Å². The van der Waals surface area contributed by atoms with Gasteiger partial charge < -0.3 is 20.2 Å². The Morgan fingerprint density at radius 3 is 2.85 bits per heavy atom. The van der Waals surface area contributed by atoms with Crippen LogP contribution in [0.2, 0.25) is 0 Å². The zero-order chi connectivity index (χ0) is 19.6. The normalized spacial score (nSPS) is 16.5. The second-order valence-corrected chi connectivity index (χ2v) is 7.06. The van der Waals surface area contributed by atoms with Gasteiger partial charge >= 0.3 is 0 Å². The SMILES string of the molecule is Cc1nc(C(=O)N(C)C)nc(N2CC[C@@H](Nc3cc(CO)ccn3)C2)c1C. The number of aryl methyl sites for hydroxylation is 1. The van der Waals surface area contributed by atoms with Gasteiger partial charge in [-0.05, 0) is 38.0 Å². The van der Waals surface area contributed by atoms with E-state index in [0.29, 0.717) is 0 Å². The Morgan fingerprint density at radius 2 is 2.15 bits per heavy atom. The van der Waals surface area contributed by atoms with Crippen LogP contribution >= 0.6 is 0 Å². The summed E-state index contributed by atoms with van der Waals surface area (Å²) in [5.74, 6) is 1.60. The molecule has 0 radical (unpaired) electrons. The van der Waals surface area contributed by atoms with Crippen molar-refractivity contribution in [2.45, 2.75) is 32.9 Å². The van der Waals surface area contributed by atoms with Gasteiger partial charge in [-0.3, -0.25) is 4.79 Å². The number of hydrogen-bond donors (Lipinski definition) is 2. The summed E-state index contributed by atoms with van der Waals surface area (Å²) in [6, 6.07) is 3.87. The van der Waals surface area contributed by atoms with Crippen LogP contribution in [-0.2, 0) is 6.61 Å². The zero-order valence-electron chi connectivity index (χ0n) is 16.2. The first-order valence-corrected chi connectivity index (χ1v) is 9.03. The van der Waals surface area contributed by atoms with Gasteiger partial charge in [0.25, 0.3) is 5.91 Å². The summed E-state index contributed by atoms with van der Waals surface area (Å²) in [5, 5.41) is 12.7. The summed E-state index contributed by atoms with van der Waals surface area (Å²) in [6.45, 7) is 5.49. The summed E-state index contributed by atoms with van der Waals surface area (Å²) in [7, 11) is 3.40. The molecule has 0 unspecified atom stereocenters. The summed E-state index contributed by atoms with van der Waals surface area (Å²) in [6.07, 6.45) is 2.63. The van der Waals surface area contributed by atoms with Crippen molar-refractivity contribution in [1.29, 1.82) is 0 Å². The average molecular weight is 370 g/mol. The number of hydrogen-bond acceptors (Lipinski definition) is 7. The molecule has 1 amide bonds. The number of anilines is 2. The van der Waals surface area contributed by atoms with Crippen LogP contribution in [0, 0.1) is 13.8 Å². The smallest absolute Gasteiger partial charge is 0.291 e. The van der Waals surface area contributed by atoms with Crippen LogP contribution in [0.3, 0.4) is 0 Å². The number of nitrogens with zero attached hydrogens (tertiary/aromatic N) is 5. The Hall–Kier alpha value is -2.74. The molecule has 1 saturated heterocycles. The highest BCUT2D eigenvalue weighted by molar-refractivity contribution is 5.90. The van der Waals surface area contributed by atoms with Crippen LogP contribution in [0.15, 0.2) is 18.3 Å². The van der Waals surface area contributed by atoms with E-state index in [2.05, 4.69) is 25.2 Å². The van der Waals surface area contributed by atoms with Gasteiger partial charge in [-0.1, -0.05) is 0 Å². The van der Waals surface area contributed by atoms with Crippen LogP contribution in [0.25, 0.3) is 0 Å². The molecule has 1 aliphatic rings. The lowest BCUT2D eigenvalue weighted by molar-refractivity contribution is 0.0815. The molecule has 0 spiro atoms. The Labute approximate surface area is 159 Å². The number of rotatable bonds is 5.